The van der Waals surface area contributed by atoms with Crippen LogP contribution in [0.4, 0.5) is 5.82 Å². The first kappa shape index (κ1) is 15.9. The van der Waals surface area contributed by atoms with E-state index in [2.05, 4.69) is 10.3 Å². The lowest BCUT2D eigenvalue weighted by Crippen LogP contribution is -2.36. The Morgan fingerprint density at radius 2 is 1.89 bits per heavy atom. The van der Waals surface area contributed by atoms with Crippen molar-refractivity contribution in [1.29, 1.82) is 0 Å². The van der Waals surface area contributed by atoms with E-state index in [0.29, 0.717) is 19.0 Å². The number of pyridine rings is 1. The number of nitrogens with one attached hydrogen (secondary N) is 1. The van der Waals surface area contributed by atoms with E-state index in [1.54, 1.807) is 6.20 Å². The second-order valence-corrected chi connectivity index (χ2v) is 4.30. The molecule has 0 aliphatic rings. The molecule has 1 unspecified atom stereocenters. The topological polar surface area (TPSA) is 69.4 Å². The summed E-state index contributed by atoms with van der Waals surface area (Å²) in [5, 5.41) is 3.37. The Kier molecular flexibility index (Phi) is 6.77. The van der Waals surface area contributed by atoms with Gasteiger partial charge in [0.2, 0.25) is 0 Å². The molecule has 0 radical (unpaired) electrons. The summed E-state index contributed by atoms with van der Waals surface area (Å²) in [6.07, 6.45) is 1.40. The van der Waals surface area contributed by atoms with Gasteiger partial charge in [-0.25, -0.2) is 4.98 Å². The van der Waals surface area contributed by atoms with Gasteiger partial charge in [-0.3, -0.25) is 0 Å². The van der Waals surface area contributed by atoms with Gasteiger partial charge in [0.15, 0.2) is 6.29 Å². The summed E-state index contributed by atoms with van der Waals surface area (Å²) >= 11 is 0. The number of hydrogen-bond donors (Lipinski definition) is 2. The largest absolute Gasteiger partial charge is 0.383 e. The fraction of sp³-hybridized carbons (Fsp3) is 0.643. The maximum atomic E-state index is 5.99. The zero-order valence-corrected chi connectivity index (χ0v) is 12.3. The van der Waals surface area contributed by atoms with Crippen LogP contribution >= 0.6 is 0 Å². The predicted octanol–water partition coefficient (Wildman–Crippen LogP) is 2.02. The van der Waals surface area contributed by atoms with Crippen molar-refractivity contribution in [1.82, 2.24) is 10.3 Å². The number of aryl methyl sites for hydroxylation is 1. The van der Waals surface area contributed by atoms with Gasteiger partial charge in [0, 0.05) is 25.0 Å². The molecule has 0 bridgehead atoms. The van der Waals surface area contributed by atoms with Crippen molar-refractivity contribution in [3.8, 4) is 0 Å². The first-order chi connectivity index (χ1) is 9.13. The molecule has 0 spiro atoms. The van der Waals surface area contributed by atoms with E-state index in [0.717, 1.165) is 17.7 Å². The fourth-order valence-electron chi connectivity index (χ4n) is 1.99. The van der Waals surface area contributed by atoms with Gasteiger partial charge in [-0.1, -0.05) is 6.92 Å². The quantitative estimate of drug-likeness (QED) is 0.705. The summed E-state index contributed by atoms with van der Waals surface area (Å²) < 4.78 is 11.4. The van der Waals surface area contributed by atoms with Crippen molar-refractivity contribution in [2.45, 2.75) is 40.0 Å². The highest BCUT2D eigenvalue weighted by molar-refractivity contribution is 5.43. The third kappa shape index (κ3) is 4.45. The number of hydrogen-bond acceptors (Lipinski definition) is 5. The molecule has 0 saturated carbocycles. The van der Waals surface area contributed by atoms with Crippen molar-refractivity contribution < 1.29 is 9.47 Å². The van der Waals surface area contributed by atoms with Crippen LogP contribution < -0.4 is 11.1 Å². The molecule has 0 aliphatic carbocycles. The van der Waals surface area contributed by atoms with Crippen LogP contribution in [-0.4, -0.2) is 31.0 Å². The van der Waals surface area contributed by atoms with Crippen LogP contribution in [0.1, 0.15) is 37.9 Å². The molecule has 0 aromatic carbocycles. The molecule has 1 heterocycles. The highest BCUT2D eigenvalue weighted by atomic mass is 16.7. The zero-order valence-electron chi connectivity index (χ0n) is 12.3. The molecular formula is C14H25N3O2. The van der Waals surface area contributed by atoms with Gasteiger partial charge in [0.05, 0.1) is 6.04 Å². The molecule has 3 N–H and O–H groups in total. The smallest absolute Gasteiger partial charge is 0.176 e. The number of nitrogen functional groups attached to an aromatic ring is 1. The number of rotatable bonds is 8. The van der Waals surface area contributed by atoms with Crippen LogP contribution in [-0.2, 0) is 9.47 Å². The zero-order chi connectivity index (χ0) is 14.3. The van der Waals surface area contributed by atoms with Crippen molar-refractivity contribution in [3.63, 3.8) is 0 Å². The van der Waals surface area contributed by atoms with E-state index in [1.807, 2.05) is 33.8 Å². The lowest BCUT2D eigenvalue weighted by Gasteiger charge is -2.28. The van der Waals surface area contributed by atoms with Gasteiger partial charge < -0.3 is 20.5 Å². The van der Waals surface area contributed by atoms with Crippen LogP contribution in [0.5, 0.6) is 0 Å². The third-order valence-electron chi connectivity index (χ3n) is 2.78. The van der Waals surface area contributed by atoms with Crippen LogP contribution in [0.3, 0.4) is 0 Å². The Labute approximate surface area is 115 Å². The van der Waals surface area contributed by atoms with E-state index < -0.39 is 0 Å². The van der Waals surface area contributed by atoms with Crippen LogP contribution in [0.2, 0.25) is 0 Å². The predicted molar refractivity (Wildman–Crippen MR) is 76.8 cm³/mol. The second-order valence-electron chi connectivity index (χ2n) is 4.30. The van der Waals surface area contributed by atoms with Crippen LogP contribution in [0.25, 0.3) is 0 Å². The van der Waals surface area contributed by atoms with Gasteiger partial charge in [0.1, 0.15) is 5.82 Å². The monoisotopic (exact) mass is 267 g/mol. The van der Waals surface area contributed by atoms with Gasteiger partial charge in [-0.05, 0) is 38.9 Å². The Morgan fingerprint density at radius 3 is 2.42 bits per heavy atom. The number of anilines is 1. The summed E-state index contributed by atoms with van der Waals surface area (Å²) in [4.78, 5) is 4.21. The molecule has 0 amide bonds. The molecule has 1 aromatic heterocycles. The summed E-state index contributed by atoms with van der Waals surface area (Å²) in [6.45, 7) is 9.92. The van der Waals surface area contributed by atoms with E-state index in [4.69, 9.17) is 15.2 Å². The van der Waals surface area contributed by atoms with Crippen molar-refractivity contribution in [2.24, 2.45) is 0 Å². The molecule has 0 fully saturated rings. The first-order valence-corrected chi connectivity index (χ1v) is 6.82. The summed E-state index contributed by atoms with van der Waals surface area (Å²) in [5.41, 5.74) is 7.98. The Morgan fingerprint density at radius 1 is 1.26 bits per heavy atom. The molecule has 5 nitrogen and oxygen atoms in total. The van der Waals surface area contributed by atoms with E-state index in [9.17, 15) is 0 Å². The minimum absolute atomic E-state index is 0.114. The highest BCUT2D eigenvalue weighted by Crippen LogP contribution is 2.25. The molecule has 0 saturated heterocycles. The maximum Gasteiger partial charge on any atom is 0.176 e. The lowest BCUT2D eigenvalue weighted by molar-refractivity contribution is -0.155. The molecule has 108 valence electrons. The molecule has 1 rings (SSSR count). The molecule has 1 aromatic rings. The second kappa shape index (κ2) is 8.09. The first-order valence-electron chi connectivity index (χ1n) is 6.82. The highest BCUT2D eigenvalue weighted by Gasteiger charge is 2.25. The molecule has 1 atom stereocenters. The van der Waals surface area contributed by atoms with Crippen molar-refractivity contribution in [3.05, 3.63) is 23.4 Å². The average molecular weight is 267 g/mol. The Bertz CT molecular complexity index is 379. The standard InChI is InChI=1S/C14H25N3O2/c1-5-16-12(14(18-6-2)19-7-3)11-8-10(4)9-17-13(11)15/h8-9,12,14,16H,5-7H2,1-4H3,(H2,15,17). The molecular weight excluding hydrogens is 242 g/mol. The van der Waals surface area contributed by atoms with E-state index in [1.165, 1.54) is 0 Å². The number of aromatic nitrogens is 1. The molecule has 5 heteroatoms. The van der Waals surface area contributed by atoms with Gasteiger partial charge in [0.25, 0.3) is 0 Å². The number of ether oxygens (including phenoxy) is 2. The summed E-state index contributed by atoms with van der Waals surface area (Å²) in [7, 11) is 0. The normalized spacial score (nSPS) is 12.9. The molecule has 19 heavy (non-hydrogen) atoms. The number of nitrogens with zero attached hydrogens (tertiary/aromatic N) is 1. The Balaban J connectivity index is 3.05. The summed E-state index contributed by atoms with van der Waals surface area (Å²) in [5.74, 6) is 0.515. The van der Waals surface area contributed by atoms with Crippen LogP contribution in [0.15, 0.2) is 12.3 Å². The van der Waals surface area contributed by atoms with Crippen molar-refractivity contribution in [2.75, 3.05) is 25.5 Å². The Hall–Kier alpha value is -1.17. The SMILES string of the molecule is CCNC(c1cc(C)cnc1N)C(OCC)OCC. The maximum absolute atomic E-state index is 5.99. The molecule has 0 aliphatic heterocycles. The third-order valence-corrected chi connectivity index (χ3v) is 2.78. The van der Waals surface area contributed by atoms with Crippen molar-refractivity contribution >= 4 is 5.82 Å². The van der Waals surface area contributed by atoms with Crippen LogP contribution in [0, 0.1) is 6.92 Å². The summed E-state index contributed by atoms with van der Waals surface area (Å²) in [6, 6.07) is 1.91. The average Bonchev–Trinajstić information content (AvgIpc) is 2.39. The number of likely N-dealkylation sites (N-methyl/N-ethyl adjacent to an activating group) is 1. The fourth-order valence-corrected chi connectivity index (χ4v) is 1.99. The van der Waals surface area contributed by atoms with Gasteiger partial charge in [-0.15, -0.1) is 0 Å². The number of nitrogens with two attached hydrogens (primary N) is 1. The van der Waals surface area contributed by atoms with E-state index in [-0.39, 0.29) is 12.3 Å². The van der Waals surface area contributed by atoms with E-state index >= 15 is 0 Å². The van der Waals surface area contributed by atoms with Gasteiger partial charge in [-0.2, -0.15) is 0 Å². The lowest BCUT2D eigenvalue weighted by atomic mass is 10.1. The minimum atomic E-state index is -0.360. The van der Waals surface area contributed by atoms with Gasteiger partial charge >= 0.3 is 0 Å². The minimum Gasteiger partial charge on any atom is -0.383 e.